The van der Waals surface area contributed by atoms with Crippen LogP contribution in [0.25, 0.3) is 10.6 Å². The summed E-state index contributed by atoms with van der Waals surface area (Å²) >= 11 is 4.85. The Morgan fingerprint density at radius 2 is 1.90 bits per heavy atom. The molecular weight excluding hydrogens is 350 g/mol. The number of benzene rings is 1. The third-order valence-corrected chi connectivity index (χ3v) is 4.28. The summed E-state index contributed by atoms with van der Waals surface area (Å²) in [6.45, 7) is 0. The van der Waals surface area contributed by atoms with Crippen LogP contribution in [-0.2, 0) is 0 Å². The van der Waals surface area contributed by atoms with Crippen LogP contribution in [0, 0.1) is 0 Å². The molecule has 0 aliphatic carbocycles. The van der Waals surface area contributed by atoms with Crippen LogP contribution < -0.4 is 5.32 Å². The lowest BCUT2D eigenvalue weighted by atomic mass is 10.2. The van der Waals surface area contributed by atoms with E-state index in [1.54, 1.807) is 35.9 Å². The molecule has 3 rings (SSSR count). The molecule has 0 saturated heterocycles. The summed E-state index contributed by atoms with van der Waals surface area (Å²) in [5.74, 6) is -0.197. The molecule has 3 aromatic rings. The molecule has 2 heterocycles. The van der Waals surface area contributed by atoms with E-state index in [9.17, 15) is 4.79 Å². The largest absolute Gasteiger partial charge is 0.322 e. The maximum Gasteiger partial charge on any atom is 0.258 e. The number of hydrogen-bond acceptors (Lipinski definition) is 4. The average Bonchev–Trinajstić information content (AvgIpc) is 3.02. The Hall–Kier alpha value is -2.05. The van der Waals surface area contributed by atoms with Gasteiger partial charge in [0.15, 0.2) is 0 Å². The molecule has 21 heavy (non-hydrogen) atoms. The minimum Gasteiger partial charge on any atom is -0.322 e. The number of aromatic nitrogens is 2. The van der Waals surface area contributed by atoms with E-state index >= 15 is 0 Å². The topological polar surface area (TPSA) is 54.9 Å². The van der Waals surface area contributed by atoms with Gasteiger partial charge in [0.25, 0.3) is 5.91 Å². The van der Waals surface area contributed by atoms with Crippen LogP contribution in [0.4, 0.5) is 5.69 Å². The molecule has 1 aromatic carbocycles. The average molecular weight is 360 g/mol. The van der Waals surface area contributed by atoms with Crippen LogP contribution >= 0.6 is 27.3 Å². The third-order valence-electron chi connectivity index (χ3n) is 2.83. The highest BCUT2D eigenvalue weighted by Crippen LogP contribution is 2.23. The van der Waals surface area contributed by atoms with Crippen molar-refractivity contribution in [1.82, 2.24) is 9.97 Å². The predicted molar refractivity (Wildman–Crippen MR) is 87.4 cm³/mol. The summed E-state index contributed by atoms with van der Waals surface area (Å²) in [5.41, 5.74) is 2.27. The minimum atomic E-state index is -0.197. The second kappa shape index (κ2) is 6.15. The van der Waals surface area contributed by atoms with E-state index in [-0.39, 0.29) is 5.91 Å². The zero-order valence-corrected chi connectivity index (χ0v) is 13.2. The van der Waals surface area contributed by atoms with Gasteiger partial charge in [-0.05, 0) is 52.3 Å². The normalized spacial score (nSPS) is 10.3. The number of rotatable bonds is 3. The number of hydrogen-bond donors (Lipinski definition) is 1. The van der Waals surface area contributed by atoms with Gasteiger partial charge in [-0.15, -0.1) is 11.3 Å². The van der Waals surface area contributed by atoms with Crippen molar-refractivity contribution >= 4 is 38.9 Å². The van der Waals surface area contributed by atoms with Crippen LogP contribution in [0.5, 0.6) is 0 Å². The summed E-state index contributed by atoms with van der Waals surface area (Å²) in [6.07, 6.45) is 3.40. The van der Waals surface area contributed by atoms with E-state index in [4.69, 9.17) is 0 Å². The SMILES string of the molecule is O=C(Nc1ccc(-c2nccs2)cc1)c1cccnc1Br. The third kappa shape index (κ3) is 3.17. The highest BCUT2D eigenvalue weighted by atomic mass is 79.9. The molecule has 4 nitrogen and oxygen atoms in total. The van der Waals surface area contributed by atoms with Crippen LogP contribution in [-0.4, -0.2) is 15.9 Å². The molecule has 0 aliphatic rings. The van der Waals surface area contributed by atoms with E-state index < -0.39 is 0 Å². The second-order valence-electron chi connectivity index (χ2n) is 4.21. The molecule has 6 heteroatoms. The summed E-state index contributed by atoms with van der Waals surface area (Å²) in [5, 5.41) is 5.74. The Bertz CT molecular complexity index is 757. The van der Waals surface area contributed by atoms with Crippen molar-refractivity contribution in [1.29, 1.82) is 0 Å². The van der Waals surface area contributed by atoms with Crippen molar-refractivity contribution < 1.29 is 4.79 Å². The van der Waals surface area contributed by atoms with Gasteiger partial charge < -0.3 is 5.32 Å². The maximum absolute atomic E-state index is 12.2. The van der Waals surface area contributed by atoms with Crippen LogP contribution in [0.2, 0.25) is 0 Å². The predicted octanol–water partition coefficient (Wildman–Crippen LogP) is 4.22. The standard InChI is InChI=1S/C15H10BrN3OS/c16-13-12(2-1-7-17-13)14(20)19-11-5-3-10(4-6-11)15-18-8-9-21-15/h1-9H,(H,19,20). The van der Waals surface area contributed by atoms with Crippen LogP contribution in [0.15, 0.2) is 58.8 Å². The number of anilines is 1. The highest BCUT2D eigenvalue weighted by Gasteiger charge is 2.10. The Labute approximate surface area is 134 Å². The maximum atomic E-state index is 12.2. The van der Waals surface area contributed by atoms with E-state index in [2.05, 4.69) is 31.2 Å². The molecule has 0 atom stereocenters. The van der Waals surface area contributed by atoms with Crippen molar-refractivity contribution in [3.8, 4) is 10.6 Å². The van der Waals surface area contributed by atoms with Crippen LogP contribution in [0.1, 0.15) is 10.4 Å². The molecule has 0 saturated carbocycles. The van der Waals surface area contributed by atoms with E-state index in [0.29, 0.717) is 10.2 Å². The number of nitrogens with zero attached hydrogens (tertiary/aromatic N) is 2. The van der Waals surface area contributed by atoms with Gasteiger partial charge in [-0.25, -0.2) is 9.97 Å². The molecule has 0 unspecified atom stereocenters. The van der Waals surface area contributed by atoms with Crippen molar-refractivity contribution in [2.75, 3.05) is 5.32 Å². The number of nitrogens with one attached hydrogen (secondary N) is 1. The summed E-state index contributed by atoms with van der Waals surface area (Å²) in [7, 11) is 0. The summed E-state index contributed by atoms with van der Waals surface area (Å²) in [6, 6.07) is 11.0. The fraction of sp³-hybridized carbons (Fsp3) is 0. The Morgan fingerprint density at radius 3 is 2.57 bits per heavy atom. The first-order valence-corrected chi connectivity index (χ1v) is 7.83. The number of carbonyl (C=O) groups excluding carboxylic acids is 1. The van der Waals surface area contributed by atoms with E-state index in [0.717, 1.165) is 16.3 Å². The molecule has 1 N–H and O–H groups in total. The van der Waals surface area contributed by atoms with Gasteiger partial charge in [-0.1, -0.05) is 0 Å². The lowest BCUT2D eigenvalue weighted by Gasteiger charge is -2.06. The second-order valence-corrected chi connectivity index (χ2v) is 5.86. The number of pyridine rings is 1. The fourth-order valence-corrected chi connectivity index (χ4v) is 2.89. The zero-order chi connectivity index (χ0) is 14.7. The number of thiazole rings is 1. The van der Waals surface area contributed by atoms with Gasteiger partial charge in [0, 0.05) is 29.0 Å². The fourth-order valence-electron chi connectivity index (χ4n) is 1.82. The van der Waals surface area contributed by atoms with Crippen molar-refractivity contribution in [2.45, 2.75) is 0 Å². The first-order valence-electron chi connectivity index (χ1n) is 6.16. The van der Waals surface area contributed by atoms with Gasteiger partial charge in [0.05, 0.1) is 5.56 Å². The Balaban J connectivity index is 1.77. The summed E-state index contributed by atoms with van der Waals surface area (Å²) in [4.78, 5) is 20.4. The monoisotopic (exact) mass is 359 g/mol. The van der Waals surface area contributed by atoms with E-state index in [1.807, 2.05) is 29.6 Å². The van der Waals surface area contributed by atoms with Gasteiger partial charge in [0.2, 0.25) is 0 Å². The molecule has 1 amide bonds. The smallest absolute Gasteiger partial charge is 0.258 e. The lowest BCUT2D eigenvalue weighted by molar-refractivity contribution is 0.102. The lowest BCUT2D eigenvalue weighted by Crippen LogP contribution is -2.12. The molecule has 0 bridgehead atoms. The van der Waals surface area contributed by atoms with Crippen molar-refractivity contribution in [2.24, 2.45) is 0 Å². The quantitative estimate of drug-likeness (QED) is 0.712. The van der Waals surface area contributed by atoms with Gasteiger partial charge in [-0.2, -0.15) is 0 Å². The Kier molecular flexibility index (Phi) is 4.08. The molecule has 0 radical (unpaired) electrons. The van der Waals surface area contributed by atoms with E-state index in [1.165, 1.54) is 0 Å². The highest BCUT2D eigenvalue weighted by molar-refractivity contribution is 9.10. The number of halogens is 1. The first-order chi connectivity index (χ1) is 10.2. The van der Waals surface area contributed by atoms with Gasteiger partial charge in [-0.3, -0.25) is 4.79 Å². The van der Waals surface area contributed by atoms with Crippen LogP contribution in [0.3, 0.4) is 0 Å². The molecule has 2 aromatic heterocycles. The number of carbonyl (C=O) groups is 1. The van der Waals surface area contributed by atoms with Crippen molar-refractivity contribution in [3.05, 3.63) is 64.3 Å². The zero-order valence-electron chi connectivity index (χ0n) is 10.8. The molecule has 0 aliphatic heterocycles. The van der Waals surface area contributed by atoms with Crippen molar-refractivity contribution in [3.63, 3.8) is 0 Å². The molecule has 0 spiro atoms. The molecule has 104 valence electrons. The minimum absolute atomic E-state index is 0.197. The molecular formula is C15H10BrN3OS. The Morgan fingerprint density at radius 1 is 1.10 bits per heavy atom. The van der Waals surface area contributed by atoms with Gasteiger partial charge >= 0.3 is 0 Å². The van der Waals surface area contributed by atoms with Gasteiger partial charge in [0.1, 0.15) is 9.61 Å². The molecule has 0 fully saturated rings. The first kappa shape index (κ1) is 13.9. The summed E-state index contributed by atoms with van der Waals surface area (Å²) < 4.78 is 0.530. The number of amides is 1.